The van der Waals surface area contributed by atoms with Crippen LogP contribution in [0.2, 0.25) is 0 Å². The second kappa shape index (κ2) is 4.94. The van der Waals surface area contributed by atoms with E-state index >= 15 is 0 Å². The van der Waals surface area contributed by atoms with Gasteiger partial charge in [-0.15, -0.1) is 0 Å². The van der Waals surface area contributed by atoms with E-state index in [-0.39, 0.29) is 28.3 Å². The minimum atomic E-state index is -0.754. The van der Waals surface area contributed by atoms with Crippen molar-refractivity contribution in [3.63, 3.8) is 0 Å². The smallest absolute Gasteiger partial charge is 0.174 e. The fourth-order valence-corrected chi connectivity index (χ4v) is 7.09. The van der Waals surface area contributed by atoms with Gasteiger partial charge in [-0.25, -0.2) is 0 Å². The van der Waals surface area contributed by atoms with Crippen LogP contribution in [0.4, 0.5) is 0 Å². The molecule has 0 radical (unpaired) electrons. The summed E-state index contributed by atoms with van der Waals surface area (Å²) in [5.74, 6) is 0.996. The molecule has 0 aromatic heterocycles. The second-order valence-corrected chi connectivity index (χ2v) is 9.67. The first-order valence-corrected chi connectivity index (χ1v) is 9.67. The third-order valence-corrected chi connectivity index (χ3v) is 8.75. The number of halogens is 1. The molecule has 0 heterocycles. The van der Waals surface area contributed by atoms with Gasteiger partial charge in [0.2, 0.25) is 0 Å². The maximum Gasteiger partial charge on any atom is 0.174 e. The standard InChI is InChI=1S/C20H27ClO3/c1-18-8-7-14(22)17(21)13(18)5-4-11-12-6-9-20(3,24)19(12,2)10-15(23)16(11)18/h11-12,16,24H,4-10H2,1-3H3/t11-,12-,16+,18-,19-,20-/m0/s1. The van der Waals surface area contributed by atoms with E-state index < -0.39 is 5.60 Å². The summed E-state index contributed by atoms with van der Waals surface area (Å²) in [4.78, 5) is 25.3. The van der Waals surface area contributed by atoms with Crippen LogP contribution in [0.25, 0.3) is 0 Å². The fourth-order valence-electron chi connectivity index (χ4n) is 6.69. The summed E-state index contributed by atoms with van der Waals surface area (Å²) in [6, 6.07) is 0. The van der Waals surface area contributed by atoms with E-state index in [9.17, 15) is 14.7 Å². The molecule has 0 amide bonds. The molecule has 1 N–H and O–H groups in total. The van der Waals surface area contributed by atoms with Crippen LogP contribution in [0.1, 0.15) is 65.7 Å². The van der Waals surface area contributed by atoms with Crippen LogP contribution in [0, 0.1) is 28.6 Å². The summed E-state index contributed by atoms with van der Waals surface area (Å²) in [7, 11) is 0. The van der Waals surface area contributed by atoms with Crippen LogP contribution in [-0.4, -0.2) is 22.3 Å². The van der Waals surface area contributed by atoms with Gasteiger partial charge in [-0.2, -0.15) is 0 Å². The maximum absolute atomic E-state index is 13.3. The molecule has 0 unspecified atom stereocenters. The van der Waals surface area contributed by atoms with E-state index in [2.05, 4.69) is 13.8 Å². The fraction of sp³-hybridized carbons (Fsp3) is 0.800. The van der Waals surface area contributed by atoms with Crippen molar-refractivity contribution in [1.29, 1.82) is 0 Å². The zero-order chi connectivity index (χ0) is 17.5. The van der Waals surface area contributed by atoms with E-state index in [1.165, 1.54) is 0 Å². The monoisotopic (exact) mass is 350 g/mol. The van der Waals surface area contributed by atoms with Gasteiger partial charge in [0, 0.05) is 29.6 Å². The number of carbonyl (C=O) groups excluding carboxylic acids is 2. The van der Waals surface area contributed by atoms with Gasteiger partial charge in [-0.05, 0) is 56.4 Å². The lowest BCUT2D eigenvalue weighted by Crippen LogP contribution is -2.58. The minimum absolute atomic E-state index is 0.0323. The molecule has 0 aromatic rings. The molecular formula is C20H27ClO3. The number of hydrogen-bond acceptors (Lipinski definition) is 3. The molecular weight excluding hydrogens is 324 g/mol. The zero-order valence-electron chi connectivity index (χ0n) is 14.8. The van der Waals surface area contributed by atoms with Crippen LogP contribution in [0.5, 0.6) is 0 Å². The highest BCUT2D eigenvalue weighted by Crippen LogP contribution is 2.66. The maximum atomic E-state index is 13.3. The van der Waals surface area contributed by atoms with Crippen molar-refractivity contribution < 1.29 is 14.7 Å². The summed E-state index contributed by atoms with van der Waals surface area (Å²) in [5, 5.41) is 11.3. The van der Waals surface area contributed by atoms with Crippen molar-refractivity contribution in [2.45, 2.75) is 71.3 Å². The summed E-state index contributed by atoms with van der Waals surface area (Å²) in [6.45, 7) is 6.18. The molecule has 4 rings (SSSR count). The molecule has 4 heteroatoms. The molecule has 0 saturated heterocycles. The highest BCUT2D eigenvalue weighted by molar-refractivity contribution is 6.43. The highest BCUT2D eigenvalue weighted by Gasteiger charge is 2.65. The van der Waals surface area contributed by atoms with Gasteiger partial charge in [-0.1, -0.05) is 25.4 Å². The van der Waals surface area contributed by atoms with Crippen molar-refractivity contribution >= 4 is 23.2 Å². The quantitative estimate of drug-likeness (QED) is 0.718. The first-order valence-electron chi connectivity index (χ1n) is 9.29. The molecule has 0 aliphatic heterocycles. The zero-order valence-corrected chi connectivity index (χ0v) is 15.6. The molecule has 132 valence electrons. The third-order valence-electron chi connectivity index (χ3n) is 8.31. The first-order chi connectivity index (χ1) is 11.1. The van der Waals surface area contributed by atoms with Crippen molar-refractivity contribution in [2.75, 3.05) is 0 Å². The Hall–Kier alpha value is -0.670. The Morgan fingerprint density at radius 2 is 1.79 bits per heavy atom. The Balaban J connectivity index is 1.79. The van der Waals surface area contributed by atoms with E-state index in [1.54, 1.807) is 0 Å². The average Bonchev–Trinajstić information content (AvgIpc) is 2.73. The van der Waals surface area contributed by atoms with Crippen LogP contribution in [-0.2, 0) is 9.59 Å². The van der Waals surface area contributed by atoms with Crippen molar-refractivity contribution in [1.82, 2.24) is 0 Å². The Kier molecular flexibility index (Phi) is 3.46. The van der Waals surface area contributed by atoms with Crippen LogP contribution >= 0.6 is 11.6 Å². The largest absolute Gasteiger partial charge is 0.390 e. The number of allylic oxidation sites excluding steroid dienone is 1. The topological polar surface area (TPSA) is 54.4 Å². The Labute approximate surface area is 148 Å². The van der Waals surface area contributed by atoms with Crippen molar-refractivity contribution in [3.05, 3.63) is 10.6 Å². The number of Topliss-reactive ketones (excluding diaryl/α,β-unsaturated/α-hetero) is 2. The van der Waals surface area contributed by atoms with Gasteiger partial charge in [-0.3, -0.25) is 9.59 Å². The number of carbonyl (C=O) groups is 2. The van der Waals surface area contributed by atoms with Gasteiger partial charge in [0.1, 0.15) is 5.78 Å². The number of fused-ring (bicyclic) bond motifs is 5. The average molecular weight is 351 g/mol. The molecule has 3 fully saturated rings. The van der Waals surface area contributed by atoms with Gasteiger partial charge in [0.25, 0.3) is 0 Å². The van der Waals surface area contributed by atoms with Gasteiger partial charge >= 0.3 is 0 Å². The summed E-state index contributed by atoms with van der Waals surface area (Å²) in [5.41, 5.74) is -0.295. The lowest BCUT2D eigenvalue weighted by atomic mass is 9.46. The van der Waals surface area contributed by atoms with Crippen LogP contribution in [0.3, 0.4) is 0 Å². The normalized spacial score (nSPS) is 51.3. The SMILES string of the molecule is C[C@]12CCC(=O)C(Cl)=C1CC[C@@H]1[C@@H]2C(=O)C[C@@]2(C)[C@H]1CC[C@]2(C)O. The van der Waals surface area contributed by atoms with Crippen molar-refractivity contribution in [3.8, 4) is 0 Å². The highest BCUT2D eigenvalue weighted by atomic mass is 35.5. The molecule has 3 saturated carbocycles. The summed E-state index contributed by atoms with van der Waals surface area (Å²) in [6.07, 6.45) is 5.17. The summed E-state index contributed by atoms with van der Waals surface area (Å²) >= 11 is 6.37. The molecule has 24 heavy (non-hydrogen) atoms. The van der Waals surface area contributed by atoms with Crippen LogP contribution < -0.4 is 0 Å². The summed E-state index contributed by atoms with van der Waals surface area (Å²) < 4.78 is 0. The Morgan fingerprint density at radius 1 is 1.08 bits per heavy atom. The molecule has 0 aromatic carbocycles. The van der Waals surface area contributed by atoms with Gasteiger partial charge < -0.3 is 5.11 Å². The molecule has 0 spiro atoms. The number of aliphatic hydroxyl groups is 1. The lowest BCUT2D eigenvalue weighted by molar-refractivity contribution is -0.157. The molecule has 4 aliphatic carbocycles. The Morgan fingerprint density at radius 3 is 2.50 bits per heavy atom. The predicted molar refractivity (Wildman–Crippen MR) is 92.5 cm³/mol. The number of rotatable bonds is 0. The lowest BCUT2D eigenvalue weighted by Gasteiger charge is -2.57. The van der Waals surface area contributed by atoms with Gasteiger partial charge in [0.15, 0.2) is 5.78 Å². The van der Waals surface area contributed by atoms with E-state index in [0.29, 0.717) is 29.7 Å². The van der Waals surface area contributed by atoms with E-state index in [1.807, 2.05) is 6.92 Å². The number of hydrogen-bond donors (Lipinski definition) is 1. The Bertz CT molecular complexity index is 664. The third kappa shape index (κ3) is 1.89. The molecule has 4 aliphatic rings. The number of ketones is 2. The van der Waals surface area contributed by atoms with Gasteiger partial charge in [0.05, 0.1) is 10.6 Å². The molecule has 0 bridgehead atoms. The first kappa shape index (κ1) is 16.8. The predicted octanol–water partition coefficient (Wildman–Crippen LogP) is 4.01. The van der Waals surface area contributed by atoms with E-state index in [0.717, 1.165) is 37.7 Å². The molecule has 6 atom stereocenters. The van der Waals surface area contributed by atoms with E-state index in [4.69, 9.17) is 11.6 Å². The van der Waals surface area contributed by atoms with Crippen LogP contribution in [0.15, 0.2) is 10.6 Å². The van der Waals surface area contributed by atoms with Crippen molar-refractivity contribution in [2.24, 2.45) is 28.6 Å². The second-order valence-electron chi connectivity index (χ2n) is 9.29. The molecule has 3 nitrogen and oxygen atoms in total. The minimum Gasteiger partial charge on any atom is -0.390 e.